The molecule has 0 aromatic rings. The molecule has 2 unspecified atom stereocenters. The van der Waals surface area contributed by atoms with Crippen LogP contribution in [-0.4, -0.2) is 56.5 Å². The van der Waals surface area contributed by atoms with Gasteiger partial charge >= 0.3 is 5.97 Å². The molecule has 2 saturated heterocycles. The molecule has 158 valence electrons. The molecule has 4 aliphatic rings. The number of nitrogens with zero attached hydrogens (tertiary/aromatic N) is 1. The van der Waals surface area contributed by atoms with Gasteiger partial charge in [-0.3, -0.25) is 9.69 Å². The SMILES string of the molecule is O=C(O)C1CCCC2C[C@@H]3[C@@H](C=C[C@H](O)CCCC4CCCC4)[C@H](O)C[C@H]3N21. The molecule has 2 aliphatic heterocycles. The number of hydrogen-bond acceptors (Lipinski definition) is 4. The number of rotatable bonds is 7. The highest BCUT2D eigenvalue weighted by Crippen LogP contribution is 2.49. The lowest BCUT2D eigenvalue weighted by atomic mass is 9.88. The van der Waals surface area contributed by atoms with E-state index in [1.54, 1.807) is 0 Å². The van der Waals surface area contributed by atoms with Gasteiger partial charge in [0.25, 0.3) is 0 Å². The number of hydrogen-bond donors (Lipinski definition) is 3. The monoisotopic (exact) mass is 391 g/mol. The third kappa shape index (κ3) is 4.17. The first-order valence-corrected chi connectivity index (χ1v) is 11.6. The van der Waals surface area contributed by atoms with Crippen molar-refractivity contribution >= 4 is 5.97 Å². The fourth-order valence-corrected chi connectivity index (χ4v) is 6.72. The summed E-state index contributed by atoms with van der Waals surface area (Å²) in [5.74, 6) is 0.527. The first-order chi connectivity index (χ1) is 13.5. The van der Waals surface area contributed by atoms with E-state index in [1.807, 2.05) is 12.2 Å². The van der Waals surface area contributed by atoms with Crippen LogP contribution in [0.3, 0.4) is 0 Å². The van der Waals surface area contributed by atoms with Crippen molar-refractivity contribution in [3.05, 3.63) is 12.2 Å². The molecule has 0 aromatic heterocycles. The molecule has 7 atom stereocenters. The Morgan fingerprint density at radius 2 is 1.89 bits per heavy atom. The summed E-state index contributed by atoms with van der Waals surface area (Å²) in [5, 5.41) is 30.6. The Hall–Kier alpha value is -0.910. The molecule has 0 amide bonds. The minimum atomic E-state index is -0.712. The van der Waals surface area contributed by atoms with E-state index in [1.165, 1.54) is 32.1 Å². The minimum Gasteiger partial charge on any atom is -0.480 e. The number of piperidine rings is 1. The summed E-state index contributed by atoms with van der Waals surface area (Å²) in [4.78, 5) is 13.9. The third-order valence-corrected chi connectivity index (χ3v) is 8.07. The van der Waals surface area contributed by atoms with E-state index in [-0.39, 0.29) is 18.0 Å². The topological polar surface area (TPSA) is 81.0 Å². The maximum absolute atomic E-state index is 11.7. The molecule has 5 nitrogen and oxygen atoms in total. The minimum absolute atomic E-state index is 0.0505. The molecule has 28 heavy (non-hydrogen) atoms. The van der Waals surface area contributed by atoms with E-state index in [4.69, 9.17) is 0 Å². The van der Waals surface area contributed by atoms with Gasteiger partial charge in [0.1, 0.15) is 6.04 Å². The van der Waals surface area contributed by atoms with E-state index in [0.29, 0.717) is 18.4 Å². The van der Waals surface area contributed by atoms with Gasteiger partial charge < -0.3 is 15.3 Å². The van der Waals surface area contributed by atoms with Crippen LogP contribution >= 0.6 is 0 Å². The van der Waals surface area contributed by atoms with Crippen LogP contribution in [0.2, 0.25) is 0 Å². The van der Waals surface area contributed by atoms with E-state index >= 15 is 0 Å². The second kappa shape index (κ2) is 8.85. The van der Waals surface area contributed by atoms with Gasteiger partial charge in [-0.05, 0) is 50.4 Å². The average molecular weight is 392 g/mol. The fourth-order valence-electron chi connectivity index (χ4n) is 6.72. The number of carbonyl (C=O) groups is 1. The molecule has 0 aromatic carbocycles. The molecule has 4 fully saturated rings. The van der Waals surface area contributed by atoms with Crippen LogP contribution < -0.4 is 0 Å². The lowest BCUT2D eigenvalue weighted by molar-refractivity contribution is -0.146. The van der Waals surface area contributed by atoms with E-state index in [0.717, 1.165) is 44.4 Å². The van der Waals surface area contributed by atoms with Crippen molar-refractivity contribution in [3.8, 4) is 0 Å². The molecule has 2 saturated carbocycles. The Balaban J connectivity index is 1.32. The number of aliphatic hydroxyl groups is 2. The summed E-state index contributed by atoms with van der Waals surface area (Å²) in [6, 6.07) is 0.144. The number of carboxylic acids is 1. The largest absolute Gasteiger partial charge is 0.480 e. The van der Waals surface area contributed by atoms with Gasteiger partial charge in [0.05, 0.1) is 12.2 Å². The standard InChI is InChI=1S/C23H37NO4/c25-17(9-3-7-15-5-1-2-6-15)11-12-18-19-13-16-8-4-10-20(23(27)28)24(16)21(19)14-22(18)26/h11-12,15-22,25-26H,1-10,13-14H2,(H,27,28)/t16?,17-,18-,19-,20?,21-,22-/m1/s1. The van der Waals surface area contributed by atoms with Crippen molar-refractivity contribution in [2.24, 2.45) is 17.8 Å². The first kappa shape index (κ1) is 20.4. The molecule has 2 aliphatic carbocycles. The van der Waals surface area contributed by atoms with Gasteiger partial charge in [-0.1, -0.05) is 50.7 Å². The molecule has 5 heteroatoms. The molecule has 0 radical (unpaired) electrons. The van der Waals surface area contributed by atoms with E-state index in [2.05, 4.69) is 4.90 Å². The molecule has 0 bridgehead atoms. The number of aliphatic hydroxyl groups excluding tert-OH is 2. The van der Waals surface area contributed by atoms with Crippen molar-refractivity contribution in [1.82, 2.24) is 4.90 Å². The van der Waals surface area contributed by atoms with Crippen molar-refractivity contribution < 1.29 is 20.1 Å². The fraction of sp³-hybridized carbons (Fsp3) is 0.870. The van der Waals surface area contributed by atoms with Crippen LogP contribution in [0.4, 0.5) is 0 Å². The lowest BCUT2D eigenvalue weighted by Crippen LogP contribution is -2.51. The number of fused-ring (bicyclic) bond motifs is 3. The zero-order valence-corrected chi connectivity index (χ0v) is 17.0. The van der Waals surface area contributed by atoms with Crippen molar-refractivity contribution in [1.29, 1.82) is 0 Å². The summed E-state index contributed by atoms with van der Waals surface area (Å²) >= 11 is 0. The molecular weight excluding hydrogens is 354 g/mol. The Labute approximate surface area is 168 Å². The Morgan fingerprint density at radius 3 is 2.64 bits per heavy atom. The highest BCUT2D eigenvalue weighted by Gasteiger charge is 2.54. The number of aliphatic carboxylic acids is 1. The Kier molecular flexibility index (Phi) is 6.43. The van der Waals surface area contributed by atoms with Gasteiger partial charge in [0, 0.05) is 18.0 Å². The second-order valence-electron chi connectivity index (χ2n) is 9.77. The zero-order chi connectivity index (χ0) is 19.7. The van der Waals surface area contributed by atoms with Gasteiger partial charge in [-0.2, -0.15) is 0 Å². The smallest absolute Gasteiger partial charge is 0.320 e. The average Bonchev–Trinajstić information content (AvgIpc) is 3.36. The quantitative estimate of drug-likeness (QED) is 0.580. The molecule has 3 N–H and O–H groups in total. The van der Waals surface area contributed by atoms with Gasteiger partial charge in [0.2, 0.25) is 0 Å². The van der Waals surface area contributed by atoms with Crippen molar-refractivity contribution in [2.75, 3.05) is 0 Å². The predicted octanol–water partition coefficient (Wildman–Crippen LogP) is 3.34. The Bertz CT molecular complexity index is 573. The normalized spacial score (nSPS) is 40.1. The first-order valence-electron chi connectivity index (χ1n) is 11.6. The maximum atomic E-state index is 11.7. The van der Waals surface area contributed by atoms with Crippen molar-refractivity contribution in [3.63, 3.8) is 0 Å². The molecule has 4 rings (SSSR count). The highest BCUT2D eigenvalue weighted by molar-refractivity contribution is 5.73. The summed E-state index contributed by atoms with van der Waals surface area (Å²) in [6.07, 6.45) is 16.1. The molecule has 0 spiro atoms. The van der Waals surface area contributed by atoms with Gasteiger partial charge in [-0.15, -0.1) is 0 Å². The predicted molar refractivity (Wildman–Crippen MR) is 108 cm³/mol. The van der Waals surface area contributed by atoms with E-state index in [9.17, 15) is 20.1 Å². The lowest BCUT2D eigenvalue weighted by Gasteiger charge is -2.38. The van der Waals surface area contributed by atoms with E-state index < -0.39 is 18.2 Å². The van der Waals surface area contributed by atoms with Crippen LogP contribution in [0.15, 0.2) is 12.2 Å². The zero-order valence-electron chi connectivity index (χ0n) is 17.0. The third-order valence-electron chi connectivity index (χ3n) is 8.07. The second-order valence-corrected chi connectivity index (χ2v) is 9.77. The van der Waals surface area contributed by atoms with Crippen LogP contribution in [0.5, 0.6) is 0 Å². The molecule has 2 heterocycles. The van der Waals surface area contributed by atoms with Gasteiger partial charge in [0.15, 0.2) is 0 Å². The van der Waals surface area contributed by atoms with Crippen LogP contribution in [-0.2, 0) is 4.79 Å². The number of carboxylic acid groups (broad SMARTS) is 1. The van der Waals surface area contributed by atoms with Crippen molar-refractivity contribution in [2.45, 2.75) is 107 Å². The van der Waals surface area contributed by atoms with Crippen LogP contribution in [0, 0.1) is 17.8 Å². The Morgan fingerprint density at radius 1 is 1.11 bits per heavy atom. The van der Waals surface area contributed by atoms with Crippen LogP contribution in [0.1, 0.15) is 77.0 Å². The van der Waals surface area contributed by atoms with Gasteiger partial charge in [-0.25, -0.2) is 0 Å². The highest BCUT2D eigenvalue weighted by atomic mass is 16.4. The summed E-state index contributed by atoms with van der Waals surface area (Å²) < 4.78 is 0. The summed E-state index contributed by atoms with van der Waals surface area (Å²) in [5.41, 5.74) is 0. The maximum Gasteiger partial charge on any atom is 0.320 e. The summed E-state index contributed by atoms with van der Waals surface area (Å²) in [6.45, 7) is 0. The van der Waals surface area contributed by atoms with Crippen LogP contribution in [0.25, 0.3) is 0 Å². The summed E-state index contributed by atoms with van der Waals surface area (Å²) in [7, 11) is 0. The molecular formula is C23H37NO4.